The van der Waals surface area contributed by atoms with Crippen LogP contribution in [0.1, 0.15) is 69.6 Å². The average molecular weight is 328 g/mol. The van der Waals surface area contributed by atoms with Crippen LogP contribution in [0.5, 0.6) is 5.75 Å². The Morgan fingerprint density at radius 2 is 1.92 bits per heavy atom. The fraction of sp³-hybridized carbons (Fsp3) is 0.571. The first-order chi connectivity index (χ1) is 11.6. The quantitative estimate of drug-likeness (QED) is 0.518. The lowest BCUT2D eigenvalue weighted by molar-refractivity contribution is 0.240. The van der Waals surface area contributed by atoms with E-state index in [0.717, 1.165) is 42.4 Å². The minimum absolute atomic E-state index is 0.109. The van der Waals surface area contributed by atoms with E-state index < -0.39 is 0 Å². The van der Waals surface area contributed by atoms with Crippen LogP contribution in [-0.4, -0.2) is 6.10 Å². The van der Waals surface area contributed by atoms with E-state index in [0.29, 0.717) is 5.58 Å². The summed E-state index contributed by atoms with van der Waals surface area (Å²) < 4.78 is 11.6. The number of fused-ring (bicyclic) bond motifs is 3. The van der Waals surface area contributed by atoms with Gasteiger partial charge in [-0.25, -0.2) is 4.79 Å². The number of rotatable bonds is 7. The number of unbranched alkanes of at least 4 members (excludes halogenated alkanes) is 3. The van der Waals surface area contributed by atoms with E-state index in [1.54, 1.807) is 0 Å². The van der Waals surface area contributed by atoms with Crippen molar-refractivity contribution in [2.45, 2.75) is 78.2 Å². The minimum Gasteiger partial charge on any atom is -0.491 e. The normalized spacial score (nSPS) is 13.7. The molecule has 1 aliphatic rings. The summed E-state index contributed by atoms with van der Waals surface area (Å²) in [6.07, 6.45) is 8.95. The van der Waals surface area contributed by atoms with Crippen LogP contribution in [0.3, 0.4) is 0 Å². The fourth-order valence-electron chi connectivity index (χ4n) is 3.66. The third kappa shape index (κ3) is 3.50. The van der Waals surface area contributed by atoms with Gasteiger partial charge in [-0.15, -0.1) is 0 Å². The van der Waals surface area contributed by atoms with E-state index >= 15 is 0 Å². The molecule has 0 fully saturated rings. The van der Waals surface area contributed by atoms with Gasteiger partial charge in [0, 0.05) is 17.0 Å². The second kappa shape index (κ2) is 7.42. The molecule has 3 nitrogen and oxygen atoms in total. The molecule has 0 bridgehead atoms. The molecule has 0 aliphatic heterocycles. The average Bonchev–Trinajstić information content (AvgIpc) is 3.02. The maximum atomic E-state index is 12.2. The molecule has 0 saturated heterocycles. The van der Waals surface area contributed by atoms with Gasteiger partial charge in [-0.1, -0.05) is 26.2 Å². The predicted molar refractivity (Wildman–Crippen MR) is 98.1 cm³/mol. The first-order valence-corrected chi connectivity index (χ1v) is 9.38. The van der Waals surface area contributed by atoms with Crippen LogP contribution in [0.4, 0.5) is 0 Å². The van der Waals surface area contributed by atoms with Crippen molar-refractivity contribution in [3.8, 4) is 5.75 Å². The number of hydrogen-bond donors (Lipinski definition) is 0. The number of aryl methyl sites for hydroxylation is 2. The summed E-state index contributed by atoms with van der Waals surface area (Å²) in [6, 6.07) is 4.15. The van der Waals surface area contributed by atoms with Gasteiger partial charge in [0.05, 0.1) is 6.10 Å². The molecule has 2 aromatic rings. The van der Waals surface area contributed by atoms with Gasteiger partial charge in [0.2, 0.25) is 0 Å². The molecule has 0 N–H and O–H groups in total. The second-order valence-corrected chi connectivity index (χ2v) is 7.13. The van der Waals surface area contributed by atoms with Crippen LogP contribution in [0.15, 0.2) is 21.3 Å². The highest BCUT2D eigenvalue weighted by Gasteiger charge is 2.21. The Bertz CT molecular complexity index is 771. The van der Waals surface area contributed by atoms with Crippen molar-refractivity contribution in [2.75, 3.05) is 0 Å². The second-order valence-electron chi connectivity index (χ2n) is 7.13. The van der Waals surface area contributed by atoms with E-state index in [1.807, 2.05) is 19.9 Å². The third-order valence-electron chi connectivity index (χ3n) is 4.82. The molecule has 0 amide bonds. The Morgan fingerprint density at radius 1 is 1.12 bits per heavy atom. The topological polar surface area (TPSA) is 39.4 Å². The summed E-state index contributed by atoms with van der Waals surface area (Å²) in [6.45, 7) is 6.29. The molecule has 1 aromatic carbocycles. The zero-order chi connectivity index (χ0) is 17.1. The molecular formula is C21H28O3. The Labute approximate surface area is 144 Å². The van der Waals surface area contributed by atoms with Crippen molar-refractivity contribution in [1.29, 1.82) is 0 Å². The molecule has 3 heteroatoms. The summed E-state index contributed by atoms with van der Waals surface area (Å²) >= 11 is 0. The van der Waals surface area contributed by atoms with Crippen molar-refractivity contribution < 1.29 is 9.15 Å². The van der Waals surface area contributed by atoms with E-state index in [2.05, 4.69) is 13.0 Å². The largest absolute Gasteiger partial charge is 0.491 e. The monoisotopic (exact) mass is 328 g/mol. The maximum absolute atomic E-state index is 12.2. The minimum atomic E-state index is -0.166. The Hall–Kier alpha value is -1.77. The van der Waals surface area contributed by atoms with Crippen molar-refractivity contribution >= 4 is 11.0 Å². The van der Waals surface area contributed by atoms with Crippen LogP contribution in [0, 0.1) is 0 Å². The Balaban J connectivity index is 2.02. The van der Waals surface area contributed by atoms with Crippen LogP contribution in [-0.2, 0) is 19.3 Å². The highest BCUT2D eigenvalue weighted by molar-refractivity contribution is 5.84. The van der Waals surface area contributed by atoms with Gasteiger partial charge in [-0.3, -0.25) is 0 Å². The van der Waals surface area contributed by atoms with Gasteiger partial charge >= 0.3 is 5.63 Å². The lowest BCUT2D eigenvalue weighted by atomic mass is 10.00. The van der Waals surface area contributed by atoms with E-state index in [1.165, 1.54) is 36.8 Å². The molecule has 0 spiro atoms. The van der Waals surface area contributed by atoms with E-state index in [4.69, 9.17) is 9.15 Å². The van der Waals surface area contributed by atoms with Gasteiger partial charge < -0.3 is 9.15 Å². The molecule has 1 aliphatic carbocycles. The van der Waals surface area contributed by atoms with Crippen LogP contribution in [0.25, 0.3) is 11.0 Å². The Morgan fingerprint density at radius 3 is 2.67 bits per heavy atom. The van der Waals surface area contributed by atoms with Crippen LogP contribution in [0.2, 0.25) is 0 Å². The molecule has 130 valence electrons. The predicted octanol–water partition coefficient (Wildman–Crippen LogP) is 5.19. The van der Waals surface area contributed by atoms with Gasteiger partial charge in [0.25, 0.3) is 0 Å². The zero-order valence-electron chi connectivity index (χ0n) is 15.1. The SMILES string of the molecule is CCCCCCc1cc2c3c(c(=O)oc2cc1OC(C)C)CCC3. The van der Waals surface area contributed by atoms with Gasteiger partial charge in [0.1, 0.15) is 11.3 Å². The molecule has 24 heavy (non-hydrogen) atoms. The summed E-state index contributed by atoms with van der Waals surface area (Å²) in [5.41, 5.74) is 3.84. The Kier molecular flexibility index (Phi) is 5.27. The molecule has 1 aromatic heterocycles. The van der Waals surface area contributed by atoms with Crippen molar-refractivity contribution in [3.63, 3.8) is 0 Å². The standard InChI is InChI=1S/C21H28O3/c1-4-5-6-7-9-15-12-18-16-10-8-11-17(16)21(22)24-20(18)13-19(15)23-14(2)3/h12-14H,4-11H2,1-3H3. The molecule has 0 radical (unpaired) electrons. The highest BCUT2D eigenvalue weighted by Crippen LogP contribution is 2.33. The van der Waals surface area contributed by atoms with E-state index in [9.17, 15) is 4.79 Å². The van der Waals surface area contributed by atoms with Crippen molar-refractivity contribution in [2.24, 2.45) is 0 Å². The number of benzene rings is 1. The van der Waals surface area contributed by atoms with E-state index in [-0.39, 0.29) is 11.7 Å². The molecule has 0 atom stereocenters. The first-order valence-electron chi connectivity index (χ1n) is 9.38. The van der Waals surface area contributed by atoms with Crippen LogP contribution < -0.4 is 10.4 Å². The first kappa shape index (κ1) is 17.1. The molecule has 0 saturated carbocycles. The summed E-state index contributed by atoms with van der Waals surface area (Å²) in [7, 11) is 0. The third-order valence-corrected chi connectivity index (χ3v) is 4.82. The lowest BCUT2D eigenvalue weighted by Gasteiger charge is -2.16. The number of hydrogen-bond acceptors (Lipinski definition) is 3. The van der Waals surface area contributed by atoms with Crippen LogP contribution >= 0.6 is 0 Å². The fourth-order valence-corrected chi connectivity index (χ4v) is 3.66. The van der Waals surface area contributed by atoms with Gasteiger partial charge in [-0.2, -0.15) is 0 Å². The smallest absolute Gasteiger partial charge is 0.339 e. The zero-order valence-corrected chi connectivity index (χ0v) is 15.1. The highest BCUT2D eigenvalue weighted by atomic mass is 16.5. The van der Waals surface area contributed by atoms with Gasteiger partial charge in [-0.05, 0) is 63.1 Å². The summed E-state index contributed by atoms with van der Waals surface area (Å²) in [5.74, 6) is 0.870. The van der Waals surface area contributed by atoms with Crippen molar-refractivity contribution in [1.82, 2.24) is 0 Å². The van der Waals surface area contributed by atoms with Gasteiger partial charge in [0.15, 0.2) is 0 Å². The summed E-state index contributed by atoms with van der Waals surface area (Å²) in [5, 5.41) is 1.11. The number of ether oxygens (including phenoxy) is 1. The summed E-state index contributed by atoms with van der Waals surface area (Å²) in [4.78, 5) is 12.2. The molecular weight excluding hydrogens is 300 g/mol. The molecule has 1 heterocycles. The lowest BCUT2D eigenvalue weighted by Crippen LogP contribution is -2.10. The molecule has 3 rings (SSSR count). The molecule has 0 unspecified atom stereocenters. The van der Waals surface area contributed by atoms with Crippen molar-refractivity contribution in [3.05, 3.63) is 39.2 Å². The maximum Gasteiger partial charge on any atom is 0.339 e.